The summed E-state index contributed by atoms with van der Waals surface area (Å²) >= 11 is 5.83. The number of carboxylic acids is 1. The molecule has 6 heteroatoms. The van der Waals surface area contributed by atoms with Gasteiger partial charge in [-0.25, -0.2) is 4.79 Å². The van der Waals surface area contributed by atoms with E-state index in [1.807, 2.05) is 6.92 Å². The number of amides is 1. The van der Waals surface area contributed by atoms with Crippen molar-refractivity contribution >= 4 is 23.5 Å². The van der Waals surface area contributed by atoms with Gasteiger partial charge in [0.2, 0.25) is 0 Å². The Morgan fingerprint density at radius 3 is 2.48 bits per heavy atom. The minimum atomic E-state index is -1.07. The van der Waals surface area contributed by atoms with E-state index >= 15 is 0 Å². The van der Waals surface area contributed by atoms with Gasteiger partial charge in [0, 0.05) is 5.02 Å². The minimum Gasteiger partial charge on any atom is -0.484 e. The fourth-order valence-electron chi connectivity index (χ4n) is 1.77. The van der Waals surface area contributed by atoms with Crippen LogP contribution in [0.25, 0.3) is 0 Å². The molecule has 0 aliphatic heterocycles. The Morgan fingerprint density at radius 1 is 1.38 bits per heavy atom. The van der Waals surface area contributed by atoms with Gasteiger partial charge in [-0.05, 0) is 36.1 Å². The number of rotatable bonds is 5. The smallest absolute Gasteiger partial charge is 0.326 e. The Labute approximate surface area is 129 Å². The van der Waals surface area contributed by atoms with Crippen molar-refractivity contribution in [2.45, 2.75) is 33.7 Å². The molecule has 1 amide bonds. The third-order valence-electron chi connectivity index (χ3n) is 2.91. The van der Waals surface area contributed by atoms with E-state index in [-0.39, 0.29) is 6.61 Å². The van der Waals surface area contributed by atoms with E-state index in [0.717, 1.165) is 5.56 Å². The summed E-state index contributed by atoms with van der Waals surface area (Å²) in [5.41, 5.74) is 0.221. The van der Waals surface area contributed by atoms with Crippen molar-refractivity contribution in [2.75, 3.05) is 6.61 Å². The number of carbonyl (C=O) groups excluding carboxylic acids is 1. The highest BCUT2D eigenvalue weighted by molar-refractivity contribution is 6.30. The molecule has 2 N–H and O–H groups in total. The van der Waals surface area contributed by atoms with Crippen molar-refractivity contribution in [3.05, 3.63) is 28.8 Å². The van der Waals surface area contributed by atoms with Gasteiger partial charge in [0.05, 0.1) is 0 Å². The molecule has 1 unspecified atom stereocenters. The first-order valence-electron chi connectivity index (χ1n) is 6.52. The molecule has 1 atom stereocenters. The maximum Gasteiger partial charge on any atom is 0.326 e. The minimum absolute atomic E-state index is 0.248. The average molecular weight is 314 g/mol. The van der Waals surface area contributed by atoms with Crippen molar-refractivity contribution in [1.29, 1.82) is 0 Å². The molecule has 0 spiro atoms. The van der Waals surface area contributed by atoms with E-state index in [4.69, 9.17) is 21.4 Å². The van der Waals surface area contributed by atoms with Crippen LogP contribution in [0.2, 0.25) is 5.02 Å². The highest BCUT2D eigenvalue weighted by Crippen LogP contribution is 2.22. The van der Waals surface area contributed by atoms with Gasteiger partial charge >= 0.3 is 5.97 Å². The van der Waals surface area contributed by atoms with Gasteiger partial charge in [-0.2, -0.15) is 0 Å². The monoisotopic (exact) mass is 313 g/mol. The van der Waals surface area contributed by atoms with Gasteiger partial charge < -0.3 is 15.2 Å². The van der Waals surface area contributed by atoms with Crippen molar-refractivity contribution < 1.29 is 19.4 Å². The van der Waals surface area contributed by atoms with Crippen molar-refractivity contribution in [3.63, 3.8) is 0 Å². The first-order chi connectivity index (χ1) is 9.61. The van der Waals surface area contributed by atoms with E-state index in [9.17, 15) is 9.59 Å². The zero-order chi connectivity index (χ0) is 16.2. The number of carbonyl (C=O) groups is 2. The highest BCUT2D eigenvalue weighted by Gasteiger charge is 2.32. The Bertz CT molecular complexity index is 537. The molecule has 0 saturated carbocycles. The molecule has 1 aromatic rings. The molecular formula is C15H20ClNO4. The number of benzene rings is 1. The third kappa shape index (κ3) is 5.27. The van der Waals surface area contributed by atoms with Gasteiger partial charge in [-0.3, -0.25) is 4.79 Å². The number of aryl methyl sites for hydroxylation is 1. The van der Waals surface area contributed by atoms with Crippen LogP contribution in [0.3, 0.4) is 0 Å². The SMILES string of the molecule is Cc1cc(Cl)ccc1OCC(=O)NC(C(=O)O)C(C)(C)C. The normalized spacial score (nSPS) is 12.6. The molecule has 0 aliphatic carbocycles. The number of hydrogen-bond donors (Lipinski definition) is 2. The Kier molecular flexibility index (Phi) is 5.61. The second kappa shape index (κ2) is 6.80. The summed E-state index contributed by atoms with van der Waals surface area (Å²) in [6.07, 6.45) is 0. The number of carboxylic acid groups (broad SMARTS) is 1. The molecule has 0 saturated heterocycles. The Hall–Kier alpha value is -1.75. The van der Waals surface area contributed by atoms with E-state index in [1.54, 1.807) is 39.0 Å². The van der Waals surface area contributed by atoms with E-state index in [0.29, 0.717) is 10.8 Å². The summed E-state index contributed by atoms with van der Waals surface area (Å²) in [5.74, 6) is -1.01. The van der Waals surface area contributed by atoms with Gasteiger partial charge in [-0.1, -0.05) is 32.4 Å². The zero-order valence-electron chi connectivity index (χ0n) is 12.6. The van der Waals surface area contributed by atoms with Crippen LogP contribution >= 0.6 is 11.6 Å². The number of hydrogen-bond acceptors (Lipinski definition) is 3. The van der Waals surface area contributed by atoms with E-state index in [1.165, 1.54) is 0 Å². The fourth-order valence-corrected chi connectivity index (χ4v) is 2.00. The molecule has 116 valence electrons. The van der Waals surface area contributed by atoms with Crippen LogP contribution in [0, 0.1) is 12.3 Å². The molecule has 0 aromatic heterocycles. The second-order valence-corrected chi connectivity index (χ2v) is 6.34. The summed E-state index contributed by atoms with van der Waals surface area (Å²) in [7, 11) is 0. The third-order valence-corrected chi connectivity index (χ3v) is 3.15. The highest BCUT2D eigenvalue weighted by atomic mass is 35.5. The van der Waals surface area contributed by atoms with Gasteiger partial charge in [-0.15, -0.1) is 0 Å². The van der Waals surface area contributed by atoms with Crippen LogP contribution in [-0.4, -0.2) is 29.6 Å². The van der Waals surface area contributed by atoms with Gasteiger partial charge in [0.1, 0.15) is 11.8 Å². The van der Waals surface area contributed by atoms with Crippen molar-refractivity contribution in [3.8, 4) is 5.75 Å². The zero-order valence-corrected chi connectivity index (χ0v) is 13.3. The predicted molar refractivity (Wildman–Crippen MR) is 80.7 cm³/mol. The molecular weight excluding hydrogens is 294 g/mol. The Morgan fingerprint density at radius 2 is 2.00 bits per heavy atom. The number of nitrogens with one attached hydrogen (secondary N) is 1. The van der Waals surface area contributed by atoms with E-state index in [2.05, 4.69) is 5.32 Å². The fraction of sp³-hybridized carbons (Fsp3) is 0.467. The van der Waals surface area contributed by atoms with Crippen molar-refractivity contribution in [2.24, 2.45) is 5.41 Å². The molecule has 1 rings (SSSR count). The molecule has 0 aliphatic rings. The molecule has 0 heterocycles. The van der Waals surface area contributed by atoms with Crippen LogP contribution in [0.4, 0.5) is 0 Å². The summed E-state index contributed by atoms with van der Waals surface area (Å²) in [6.45, 7) is 6.81. The molecule has 0 fully saturated rings. The molecule has 5 nitrogen and oxygen atoms in total. The van der Waals surface area contributed by atoms with Gasteiger partial charge in [0.15, 0.2) is 6.61 Å². The lowest BCUT2D eigenvalue weighted by Crippen LogP contribution is -2.50. The predicted octanol–water partition coefficient (Wildman–Crippen LogP) is 2.64. The number of halogens is 1. The summed E-state index contributed by atoms with van der Waals surface area (Å²) < 4.78 is 5.38. The maximum absolute atomic E-state index is 11.8. The summed E-state index contributed by atoms with van der Waals surface area (Å²) in [5, 5.41) is 12.2. The second-order valence-electron chi connectivity index (χ2n) is 5.90. The molecule has 1 aromatic carbocycles. The number of aliphatic carboxylic acids is 1. The van der Waals surface area contributed by atoms with Gasteiger partial charge in [0.25, 0.3) is 5.91 Å². The van der Waals surface area contributed by atoms with Crippen LogP contribution in [0.15, 0.2) is 18.2 Å². The number of ether oxygens (including phenoxy) is 1. The average Bonchev–Trinajstić information content (AvgIpc) is 2.33. The lowest BCUT2D eigenvalue weighted by Gasteiger charge is -2.27. The summed E-state index contributed by atoms with van der Waals surface area (Å²) in [4.78, 5) is 23.0. The van der Waals surface area contributed by atoms with Crippen LogP contribution < -0.4 is 10.1 Å². The topological polar surface area (TPSA) is 75.6 Å². The standard InChI is InChI=1S/C15H20ClNO4/c1-9-7-10(16)5-6-11(9)21-8-12(18)17-13(14(19)20)15(2,3)4/h5-7,13H,8H2,1-4H3,(H,17,18)(H,19,20). The summed E-state index contributed by atoms with van der Waals surface area (Å²) in [6, 6.07) is 4.09. The first kappa shape index (κ1) is 17.3. The van der Waals surface area contributed by atoms with E-state index < -0.39 is 23.3 Å². The van der Waals surface area contributed by atoms with Crippen LogP contribution in [0.5, 0.6) is 5.75 Å². The Balaban J connectivity index is 2.63. The molecule has 0 radical (unpaired) electrons. The van der Waals surface area contributed by atoms with Crippen LogP contribution in [-0.2, 0) is 9.59 Å². The van der Waals surface area contributed by atoms with Crippen molar-refractivity contribution in [1.82, 2.24) is 5.32 Å². The quantitative estimate of drug-likeness (QED) is 0.876. The molecule has 21 heavy (non-hydrogen) atoms. The first-order valence-corrected chi connectivity index (χ1v) is 6.90. The lowest BCUT2D eigenvalue weighted by molar-refractivity contribution is -0.145. The lowest BCUT2D eigenvalue weighted by atomic mass is 9.87. The maximum atomic E-state index is 11.8. The molecule has 0 bridgehead atoms. The van der Waals surface area contributed by atoms with Crippen LogP contribution in [0.1, 0.15) is 26.3 Å². The largest absolute Gasteiger partial charge is 0.484 e.